The Kier molecular flexibility index (Phi) is 7.63. The van der Waals surface area contributed by atoms with E-state index in [9.17, 15) is 4.79 Å². The van der Waals surface area contributed by atoms with Crippen molar-refractivity contribution in [3.05, 3.63) is 64.8 Å². The third-order valence-corrected chi connectivity index (χ3v) is 7.69. The van der Waals surface area contributed by atoms with Gasteiger partial charge < -0.3 is 19.4 Å². The Morgan fingerprint density at radius 3 is 2.78 bits per heavy atom. The molecule has 0 bridgehead atoms. The maximum absolute atomic E-state index is 12.4. The van der Waals surface area contributed by atoms with Crippen molar-refractivity contribution in [2.24, 2.45) is 0 Å². The number of ketones is 1. The minimum Gasteiger partial charge on any atom is -0.462 e. The van der Waals surface area contributed by atoms with Crippen molar-refractivity contribution in [3.63, 3.8) is 0 Å². The first-order chi connectivity index (χ1) is 17.9. The maximum atomic E-state index is 12.4. The lowest BCUT2D eigenvalue weighted by molar-refractivity contribution is -0.113. The smallest absolute Gasteiger partial charge is 0.318 e. The number of anilines is 2. The van der Waals surface area contributed by atoms with Crippen LogP contribution in [0.25, 0.3) is 10.8 Å². The monoisotopic (exact) mass is 519 g/mol. The van der Waals surface area contributed by atoms with Crippen LogP contribution in [0.3, 0.4) is 0 Å². The number of rotatable bonds is 8. The number of likely N-dealkylation sites (tertiary alicyclic amines) is 1. The average Bonchev–Trinajstić information content (AvgIpc) is 3.31. The van der Waals surface area contributed by atoms with Crippen molar-refractivity contribution in [3.8, 4) is 6.01 Å². The number of carbonyl (C=O) groups excluding carboxylic acids is 1. The van der Waals surface area contributed by atoms with E-state index in [4.69, 9.17) is 26.3 Å². The highest BCUT2D eigenvalue weighted by Gasteiger charge is 2.27. The zero-order chi connectivity index (χ0) is 25.9. The normalized spacial score (nSPS) is 17.9. The van der Waals surface area contributed by atoms with Crippen molar-refractivity contribution in [1.82, 2.24) is 14.9 Å². The molecule has 1 saturated heterocycles. The van der Waals surface area contributed by atoms with Gasteiger partial charge in [-0.1, -0.05) is 41.9 Å². The van der Waals surface area contributed by atoms with Crippen molar-refractivity contribution in [1.29, 1.82) is 0 Å². The third kappa shape index (κ3) is 5.43. The standard InChI is InChI=1S/C29H34ClN5O2/c1-4-8-22(36)17-34(3)28-23-14-16-35(26-13-6-10-20-9-5-12-24(30)27(20)26)18-25(23)31-29(32-28)37-19-21-11-7-15-33(21)2/h4-6,8-10,12-13,21H,7,11,14-19H2,1-3H3/b8-4+/t21-/m0/s1. The molecule has 0 radical (unpaired) electrons. The molecule has 2 aliphatic rings. The van der Waals surface area contributed by atoms with Crippen LogP contribution < -0.4 is 14.5 Å². The molecule has 5 rings (SSSR count). The molecule has 0 spiro atoms. The highest BCUT2D eigenvalue weighted by atomic mass is 35.5. The number of likely N-dealkylation sites (N-methyl/N-ethyl adjacent to an activating group) is 2. The van der Waals surface area contributed by atoms with Crippen molar-refractivity contribution >= 4 is 39.7 Å². The molecule has 3 heterocycles. The van der Waals surface area contributed by atoms with Gasteiger partial charge in [-0.15, -0.1) is 0 Å². The molecule has 0 N–H and O–H groups in total. The molecule has 7 nitrogen and oxygen atoms in total. The number of fused-ring (bicyclic) bond motifs is 2. The van der Waals surface area contributed by atoms with Gasteiger partial charge in [0.25, 0.3) is 0 Å². The SMILES string of the molecule is C/C=C/C(=O)CN(C)c1nc(OC[C@@H]2CCCN2C)nc2c1CCN(c1cccc3cccc(Cl)c13)C2. The molecule has 0 amide bonds. The molecule has 194 valence electrons. The number of hydrogen-bond donors (Lipinski definition) is 0. The second-order valence-corrected chi connectivity index (χ2v) is 10.4. The van der Waals surface area contributed by atoms with Gasteiger partial charge in [-0.2, -0.15) is 9.97 Å². The van der Waals surface area contributed by atoms with E-state index in [-0.39, 0.29) is 12.3 Å². The van der Waals surface area contributed by atoms with Crippen LogP contribution in [0.15, 0.2) is 48.6 Å². The van der Waals surface area contributed by atoms with Gasteiger partial charge in [-0.05, 0) is 63.4 Å². The fraction of sp³-hybridized carbons (Fsp3) is 0.414. The molecule has 1 fully saturated rings. The summed E-state index contributed by atoms with van der Waals surface area (Å²) < 4.78 is 6.17. The number of hydrogen-bond acceptors (Lipinski definition) is 7. The molecular formula is C29H34ClN5O2. The van der Waals surface area contributed by atoms with E-state index in [1.54, 1.807) is 12.2 Å². The summed E-state index contributed by atoms with van der Waals surface area (Å²) in [7, 11) is 4.05. The molecule has 1 aromatic heterocycles. The van der Waals surface area contributed by atoms with Gasteiger partial charge in [-0.25, -0.2) is 0 Å². The summed E-state index contributed by atoms with van der Waals surface area (Å²) in [6.07, 6.45) is 6.43. The van der Waals surface area contributed by atoms with Crippen LogP contribution >= 0.6 is 11.6 Å². The highest BCUT2D eigenvalue weighted by Crippen LogP contribution is 2.36. The third-order valence-electron chi connectivity index (χ3n) is 7.38. The molecule has 3 aromatic rings. The summed E-state index contributed by atoms with van der Waals surface area (Å²) in [5.41, 5.74) is 3.10. The minimum atomic E-state index is 0.0373. The number of halogens is 1. The van der Waals surface area contributed by atoms with E-state index < -0.39 is 0 Å². The Bertz CT molecular complexity index is 1320. The van der Waals surface area contributed by atoms with Crippen LogP contribution in [-0.4, -0.2) is 67.0 Å². The Labute approximate surface area is 223 Å². The molecule has 2 aliphatic heterocycles. The number of ether oxygens (including phenoxy) is 1. The van der Waals surface area contributed by atoms with Crippen molar-refractivity contribution < 1.29 is 9.53 Å². The van der Waals surface area contributed by atoms with Gasteiger partial charge in [-0.3, -0.25) is 4.79 Å². The van der Waals surface area contributed by atoms with Crippen LogP contribution in [0.2, 0.25) is 5.02 Å². The molecule has 0 unspecified atom stereocenters. The molecule has 37 heavy (non-hydrogen) atoms. The van der Waals surface area contributed by atoms with E-state index in [1.807, 2.05) is 31.0 Å². The van der Waals surface area contributed by atoms with Crippen LogP contribution in [0.5, 0.6) is 6.01 Å². The van der Waals surface area contributed by atoms with Crippen molar-refractivity contribution in [2.45, 2.75) is 38.8 Å². The summed E-state index contributed by atoms with van der Waals surface area (Å²) in [4.78, 5) is 28.6. The molecule has 1 atom stereocenters. The Hall–Kier alpha value is -3.16. The van der Waals surface area contributed by atoms with Gasteiger partial charge in [0.2, 0.25) is 0 Å². The topological polar surface area (TPSA) is 61.8 Å². The Balaban J connectivity index is 1.48. The molecule has 0 aliphatic carbocycles. The maximum Gasteiger partial charge on any atom is 0.318 e. The predicted octanol–water partition coefficient (Wildman–Crippen LogP) is 4.90. The Morgan fingerprint density at radius 2 is 2.03 bits per heavy atom. The van der Waals surface area contributed by atoms with Gasteiger partial charge in [0.15, 0.2) is 5.78 Å². The molecule has 8 heteroatoms. The van der Waals surface area contributed by atoms with E-state index in [0.29, 0.717) is 25.2 Å². The zero-order valence-electron chi connectivity index (χ0n) is 21.8. The molecule has 0 saturated carbocycles. The molecule has 2 aromatic carbocycles. The number of benzene rings is 2. The first-order valence-electron chi connectivity index (χ1n) is 13.0. The lowest BCUT2D eigenvalue weighted by Crippen LogP contribution is -2.35. The van der Waals surface area contributed by atoms with Crippen molar-refractivity contribution in [2.75, 3.05) is 50.1 Å². The van der Waals surface area contributed by atoms with Gasteiger partial charge in [0.1, 0.15) is 12.4 Å². The summed E-state index contributed by atoms with van der Waals surface area (Å²) in [6.45, 7) is 5.16. The lowest BCUT2D eigenvalue weighted by Gasteiger charge is -2.33. The first-order valence-corrected chi connectivity index (χ1v) is 13.3. The predicted molar refractivity (Wildman–Crippen MR) is 150 cm³/mol. The summed E-state index contributed by atoms with van der Waals surface area (Å²) in [5, 5.41) is 2.92. The van der Waals surface area contributed by atoms with E-state index in [2.05, 4.69) is 41.1 Å². The van der Waals surface area contributed by atoms with Crippen LogP contribution in [0.1, 0.15) is 31.0 Å². The quantitative estimate of drug-likeness (QED) is 0.392. The van der Waals surface area contributed by atoms with Gasteiger partial charge in [0.05, 0.1) is 23.8 Å². The van der Waals surface area contributed by atoms with Gasteiger partial charge >= 0.3 is 6.01 Å². The second-order valence-electron chi connectivity index (χ2n) is 9.95. The van der Waals surface area contributed by atoms with Crippen LogP contribution in [0.4, 0.5) is 11.5 Å². The zero-order valence-corrected chi connectivity index (χ0v) is 22.5. The fourth-order valence-electron chi connectivity index (χ4n) is 5.42. The Morgan fingerprint density at radius 1 is 1.22 bits per heavy atom. The summed E-state index contributed by atoms with van der Waals surface area (Å²) in [5.74, 6) is 0.809. The van der Waals surface area contributed by atoms with E-state index in [0.717, 1.165) is 64.5 Å². The largest absolute Gasteiger partial charge is 0.462 e. The average molecular weight is 520 g/mol. The summed E-state index contributed by atoms with van der Waals surface area (Å²) >= 11 is 6.64. The number of nitrogens with zero attached hydrogens (tertiary/aromatic N) is 5. The number of carbonyl (C=O) groups is 1. The lowest BCUT2D eigenvalue weighted by atomic mass is 10.0. The molecular weight excluding hydrogens is 486 g/mol. The fourth-order valence-corrected chi connectivity index (χ4v) is 5.70. The highest BCUT2D eigenvalue weighted by molar-refractivity contribution is 6.36. The van der Waals surface area contributed by atoms with E-state index >= 15 is 0 Å². The van der Waals surface area contributed by atoms with E-state index in [1.165, 1.54) is 6.42 Å². The number of allylic oxidation sites excluding steroid dienone is 1. The second kappa shape index (κ2) is 11.1. The van der Waals surface area contributed by atoms with Crippen LogP contribution in [-0.2, 0) is 17.8 Å². The number of aromatic nitrogens is 2. The van der Waals surface area contributed by atoms with Gasteiger partial charge in [0, 0.05) is 36.3 Å². The van der Waals surface area contributed by atoms with Crippen LogP contribution in [0, 0.1) is 0 Å². The first kappa shape index (κ1) is 25.5. The summed E-state index contributed by atoms with van der Waals surface area (Å²) in [6, 6.07) is 13.0. The minimum absolute atomic E-state index is 0.0373.